The second kappa shape index (κ2) is 20.5. The standard InChI is InChI=1S/C62H23B20N/c63-41-37(42(64)50(72)57(79)49(41)71)61(38-43(65)51(73)58(80)52(74)44(38)66)33-12-6-4-10-29(33)31-20-18-27(22-35(31)61)83(26-16-14-25(15-17-26)24-8-2-1-3-9-24)28-19-21-32-30-11-5-7-13-34(30)62(36(32)23-28,39-45(67)53(75)59(81)54(76)46(39)68)40-47(69)55(77)60(82)56(78)48(40)70/h1-23H. The first kappa shape index (κ1) is 56.8. The fourth-order valence-corrected chi connectivity index (χ4v) is 13.0. The summed E-state index contributed by atoms with van der Waals surface area (Å²) in [6.45, 7) is 0. The van der Waals surface area contributed by atoms with Crippen LogP contribution in [0.3, 0.4) is 0 Å². The van der Waals surface area contributed by atoms with Crippen molar-refractivity contribution in [3.05, 3.63) is 184 Å². The van der Waals surface area contributed by atoms with Crippen molar-refractivity contribution >= 4 is 283 Å². The fraction of sp³-hybridized carbons (Fsp3) is 0.0323. The van der Waals surface area contributed by atoms with E-state index in [1.807, 2.05) is 140 Å². The molecule has 0 saturated carbocycles. The molecule has 0 spiro atoms. The van der Waals surface area contributed by atoms with E-state index in [1.165, 1.54) is 0 Å². The zero-order valence-electron chi connectivity index (χ0n) is 44.8. The van der Waals surface area contributed by atoms with E-state index in [-0.39, 0.29) is 132 Å². The fourth-order valence-electron chi connectivity index (χ4n) is 13.0. The Morgan fingerprint density at radius 3 is 0.759 bits per heavy atom. The van der Waals surface area contributed by atoms with E-state index < -0.39 is 10.8 Å². The second-order valence-electron chi connectivity index (χ2n) is 21.1. The molecule has 0 saturated heterocycles. The Hall–Kier alpha value is -6.70. The number of anilines is 3. The summed E-state index contributed by atoms with van der Waals surface area (Å²) in [5, 5.41) is 0. The van der Waals surface area contributed by atoms with Gasteiger partial charge in [-0.25, -0.2) is 0 Å². The minimum atomic E-state index is -1.69. The van der Waals surface area contributed by atoms with Crippen LogP contribution < -0.4 is 114 Å². The quantitative estimate of drug-likeness (QED) is 0.137. The van der Waals surface area contributed by atoms with Crippen molar-refractivity contribution in [2.75, 3.05) is 4.90 Å². The van der Waals surface area contributed by atoms with Crippen LogP contribution in [0, 0.1) is 0 Å². The van der Waals surface area contributed by atoms with Gasteiger partial charge in [0.15, 0.2) is 0 Å². The molecule has 0 N–H and O–H groups in total. The molecule has 336 valence electrons. The highest BCUT2D eigenvalue weighted by atomic mass is 15.1. The summed E-state index contributed by atoms with van der Waals surface area (Å²) in [7, 11) is 138. The first-order chi connectivity index (χ1) is 39.5. The van der Waals surface area contributed by atoms with Gasteiger partial charge in [-0.2, -0.15) is 0 Å². The van der Waals surface area contributed by atoms with Gasteiger partial charge in [-0.3, -0.25) is 0 Å². The molecule has 21 heteroatoms. The van der Waals surface area contributed by atoms with Gasteiger partial charge in [0.2, 0.25) is 0 Å². The molecule has 0 aromatic heterocycles. The molecule has 0 fully saturated rings. The lowest BCUT2D eigenvalue weighted by Gasteiger charge is -2.43. The molecule has 0 bridgehead atoms. The van der Waals surface area contributed by atoms with E-state index in [0.717, 1.165) is 33.4 Å². The molecule has 40 radical (unpaired) electrons. The summed E-state index contributed by atoms with van der Waals surface area (Å²) in [5.41, 5.74) is 6.38. The third-order valence-electron chi connectivity index (χ3n) is 17.1. The average molecular weight is 998 g/mol. The van der Waals surface area contributed by atoms with E-state index in [0.29, 0.717) is 39.3 Å². The SMILES string of the molecule is [B]c1c([B])c([B])c(C2(c3c([B])c([B])c([B])c([B])c3[B])c3ccccc3-c3ccc(N(c4ccc(-c5ccccc5)cc4)c4ccc5c(c4)C(c4c([B])c([B])c([B])c([B])c4[B])(c4c([B])c([B])c([B])c([B])c4[B])c4ccccc4-5)cc32)c([B])c1[B]. The number of rotatable bonds is 8. The summed E-state index contributed by atoms with van der Waals surface area (Å²) in [6.07, 6.45) is 0. The van der Waals surface area contributed by atoms with Crippen LogP contribution in [-0.4, -0.2) is 157 Å². The van der Waals surface area contributed by atoms with Gasteiger partial charge in [0.25, 0.3) is 0 Å². The number of benzene rings is 10. The number of fused-ring (bicyclic) bond motifs is 6. The molecule has 2 aliphatic carbocycles. The topological polar surface area (TPSA) is 3.24 Å². The lowest BCUT2D eigenvalue weighted by molar-refractivity contribution is 0.792. The molecule has 10 aromatic carbocycles. The number of nitrogens with zero attached hydrogens (tertiary/aromatic N) is 1. The Labute approximate surface area is 512 Å². The van der Waals surface area contributed by atoms with Crippen LogP contribution in [0.15, 0.2) is 140 Å². The molecular weight excluding hydrogens is 975 g/mol. The molecule has 0 amide bonds. The maximum Gasteiger partial charge on any atom is 0.113 e. The van der Waals surface area contributed by atoms with Crippen LogP contribution >= 0.6 is 0 Å². The van der Waals surface area contributed by atoms with Crippen molar-refractivity contribution in [3.8, 4) is 33.4 Å². The monoisotopic (exact) mass is 1000 g/mol. The van der Waals surface area contributed by atoms with Gasteiger partial charge in [0.1, 0.15) is 157 Å². The average Bonchev–Trinajstić information content (AvgIpc) is 2.08. The number of hydrogen-bond acceptors (Lipinski definition) is 1. The molecular formula is C62H23B20N. The smallest absolute Gasteiger partial charge is 0.113 e. The van der Waals surface area contributed by atoms with Crippen LogP contribution in [0.5, 0.6) is 0 Å². The molecule has 2 aliphatic rings. The predicted molar refractivity (Wildman–Crippen MR) is 369 cm³/mol. The van der Waals surface area contributed by atoms with Gasteiger partial charge < -0.3 is 4.90 Å². The number of hydrogen-bond donors (Lipinski definition) is 0. The van der Waals surface area contributed by atoms with Crippen molar-refractivity contribution in [2.24, 2.45) is 0 Å². The van der Waals surface area contributed by atoms with E-state index in [2.05, 4.69) is 4.90 Å². The molecule has 10 aromatic rings. The summed E-state index contributed by atoms with van der Waals surface area (Å²) in [4.78, 5) is 2.06. The van der Waals surface area contributed by atoms with Crippen LogP contribution in [0.4, 0.5) is 17.1 Å². The first-order valence-electron chi connectivity index (χ1n) is 26.1. The van der Waals surface area contributed by atoms with Gasteiger partial charge in [-0.1, -0.05) is 103 Å². The molecule has 1 nitrogen and oxygen atoms in total. The molecule has 12 rings (SSSR count). The van der Waals surface area contributed by atoms with Gasteiger partial charge >= 0.3 is 0 Å². The molecule has 0 atom stereocenters. The maximum absolute atomic E-state index is 7.22. The molecule has 0 unspecified atom stereocenters. The van der Waals surface area contributed by atoms with Gasteiger partial charge in [-0.05, 0) is 114 Å². The lowest BCUT2D eigenvalue weighted by Crippen LogP contribution is -2.63. The van der Waals surface area contributed by atoms with E-state index in [1.54, 1.807) is 0 Å². The van der Waals surface area contributed by atoms with Crippen LogP contribution in [0.25, 0.3) is 33.4 Å². The van der Waals surface area contributed by atoms with Crippen LogP contribution in [-0.2, 0) is 10.8 Å². The molecule has 0 aliphatic heterocycles. The van der Waals surface area contributed by atoms with Crippen molar-refractivity contribution in [1.82, 2.24) is 0 Å². The van der Waals surface area contributed by atoms with E-state index in [9.17, 15) is 0 Å². The van der Waals surface area contributed by atoms with Crippen molar-refractivity contribution in [3.63, 3.8) is 0 Å². The van der Waals surface area contributed by atoms with Gasteiger partial charge in [-0.15, -0.1) is 109 Å². The summed E-state index contributed by atoms with van der Waals surface area (Å²) < 4.78 is 0. The lowest BCUT2D eigenvalue weighted by atomic mass is 9.49. The Kier molecular flexibility index (Phi) is 14.0. The van der Waals surface area contributed by atoms with Gasteiger partial charge in [0, 0.05) is 17.1 Å². The van der Waals surface area contributed by atoms with Gasteiger partial charge in [0.05, 0.1) is 10.8 Å². The second-order valence-corrected chi connectivity index (χ2v) is 21.1. The highest BCUT2D eigenvalue weighted by Crippen LogP contribution is 2.58. The summed E-state index contributed by atoms with van der Waals surface area (Å²) >= 11 is 0. The Morgan fingerprint density at radius 2 is 0.446 bits per heavy atom. The van der Waals surface area contributed by atoms with Crippen molar-refractivity contribution in [2.45, 2.75) is 10.8 Å². The van der Waals surface area contributed by atoms with Crippen LogP contribution in [0.1, 0.15) is 44.5 Å². The summed E-state index contributed by atoms with van der Waals surface area (Å²) in [5.74, 6) is 0. The normalized spacial score (nSPS) is 13.3. The minimum Gasteiger partial charge on any atom is -0.310 e. The van der Waals surface area contributed by atoms with E-state index in [4.69, 9.17) is 157 Å². The third kappa shape index (κ3) is 7.83. The summed E-state index contributed by atoms with van der Waals surface area (Å²) in [6, 6.07) is 45.3. The van der Waals surface area contributed by atoms with Crippen LogP contribution in [0.2, 0.25) is 0 Å². The predicted octanol–water partition coefficient (Wildman–Crippen LogP) is -8.57. The Balaban J connectivity index is 1.24. The Morgan fingerprint density at radius 1 is 0.205 bits per heavy atom. The first-order valence-corrected chi connectivity index (χ1v) is 26.1. The zero-order valence-corrected chi connectivity index (χ0v) is 44.8. The molecule has 83 heavy (non-hydrogen) atoms. The maximum atomic E-state index is 7.22. The van der Waals surface area contributed by atoms with E-state index >= 15 is 0 Å². The highest BCUT2D eigenvalue weighted by Gasteiger charge is 2.51. The third-order valence-corrected chi connectivity index (χ3v) is 17.1. The largest absolute Gasteiger partial charge is 0.310 e. The zero-order chi connectivity index (χ0) is 59.2. The molecule has 0 heterocycles. The van der Waals surface area contributed by atoms with Crippen molar-refractivity contribution in [1.29, 1.82) is 0 Å². The highest BCUT2D eigenvalue weighted by molar-refractivity contribution is 6.71. The Bertz CT molecular complexity index is 3970. The van der Waals surface area contributed by atoms with Crippen molar-refractivity contribution < 1.29 is 0 Å². The minimum absolute atomic E-state index is 0.00267.